The molecule has 1 unspecified atom stereocenters. The van der Waals surface area contributed by atoms with E-state index in [-0.39, 0.29) is 0 Å². The minimum absolute atomic E-state index is 0.410. The van der Waals surface area contributed by atoms with E-state index in [4.69, 9.17) is 5.14 Å². The van der Waals surface area contributed by atoms with Gasteiger partial charge in [0, 0.05) is 0 Å². The molecule has 0 bridgehead atoms. The van der Waals surface area contributed by atoms with Gasteiger partial charge in [-0.05, 0) is 36.1 Å². The van der Waals surface area contributed by atoms with Gasteiger partial charge < -0.3 is 0 Å². The molecule has 0 radical (unpaired) electrons. The lowest BCUT2D eigenvalue weighted by molar-refractivity contribution is 0.684. The summed E-state index contributed by atoms with van der Waals surface area (Å²) >= 11 is 0. The highest BCUT2D eigenvalue weighted by Gasteiger charge is 2.03. The van der Waals surface area contributed by atoms with Gasteiger partial charge in [-0.1, -0.05) is 48.0 Å². The number of rotatable bonds is 3. The Morgan fingerprint density at radius 1 is 1.06 bits per heavy atom. The lowest BCUT2D eigenvalue weighted by Gasteiger charge is -2.08. The first kappa shape index (κ1) is 13.0. The Morgan fingerprint density at radius 2 is 1.72 bits per heavy atom. The minimum Gasteiger partial charge on any atom is -0.252 e. The molecule has 2 aromatic carbocycles. The average molecular weight is 259 g/mol. The van der Waals surface area contributed by atoms with Crippen LogP contribution in [0.2, 0.25) is 0 Å². The van der Waals surface area contributed by atoms with Gasteiger partial charge in [0.1, 0.15) is 0 Å². The van der Waals surface area contributed by atoms with Gasteiger partial charge >= 0.3 is 0 Å². The van der Waals surface area contributed by atoms with Crippen LogP contribution in [0.4, 0.5) is 0 Å². The SMILES string of the molecule is Cc1ccc(-c2ccc(CS(N)=O)cc2)c(C)c1. The molecular formula is C15H17NOS. The Labute approximate surface area is 110 Å². The first-order valence-corrected chi connectivity index (χ1v) is 7.24. The third-order valence-corrected chi connectivity index (χ3v) is 3.57. The minimum atomic E-state index is -1.28. The van der Waals surface area contributed by atoms with E-state index in [9.17, 15) is 4.21 Å². The number of hydrogen-bond acceptors (Lipinski definition) is 1. The fourth-order valence-electron chi connectivity index (χ4n) is 2.08. The molecule has 3 heteroatoms. The third kappa shape index (κ3) is 3.06. The highest BCUT2D eigenvalue weighted by Crippen LogP contribution is 2.24. The average Bonchev–Trinajstić information content (AvgIpc) is 2.30. The van der Waals surface area contributed by atoms with Gasteiger partial charge in [-0.15, -0.1) is 0 Å². The van der Waals surface area contributed by atoms with E-state index < -0.39 is 11.0 Å². The molecule has 0 saturated heterocycles. The highest BCUT2D eigenvalue weighted by atomic mass is 32.2. The van der Waals surface area contributed by atoms with Crippen LogP contribution >= 0.6 is 0 Å². The molecule has 0 aromatic heterocycles. The van der Waals surface area contributed by atoms with Gasteiger partial charge in [-0.25, -0.2) is 4.21 Å². The monoisotopic (exact) mass is 259 g/mol. The standard InChI is InChI=1S/C15H17NOS/c1-11-3-8-15(12(2)9-11)14-6-4-13(5-7-14)10-18(16)17/h3-9H,10,16H2,1-2H3. The molecule has 0 amide bonds. The fraction of sp³-hybridized carbons (Fsp3) is 0.200. The molecule has 0 aliphatic heterocycles. The van der Waals surface area contributed by atoms with Crippen LogP contribution in [0, 0.1) is 13.8 Å². The molecule has 2 aromatic rings. The normalized spacial score (nSPS) is 12.4. The third-order valence-electron chi connectivity index (χ3n) is 2.96. The van der Waals surface area contributed by atoms with Crippen molar-refractivity contribution in [1.29, 1.82) is 0 Å². The summed E-state index contributed by atoms with van der Waals surface area (Å²) in [6, 6.07) is 14.5. The van der Waals surface area contributed by atoms with Gasteiger partial charge in [0.15, 0.2) is 0 Å². The van der Waals surface area contributed by atoms with Crippen LogP contribution in [0.25, 0.3) is 11.1 Å². The predicted molar refractivity (Wildman–Crippen MR) is 77.4 cm³/mol. The largest absolute Gasteiger partial charge is 0.252 e. The van der Waals surface area contributed by atoms with Crippen LogP contribution in [0.5, 0.6) is 0 Å². The van der Waals surface area contributed by atoms with Crippen molar-refractivity contribution in [1.82, 2.24) is 0 Å². The van der Waals surface area contributed by atoms with Crippen LogP contribution in [0.15, 0.2) is 42.5 Å². The van der Waals surface area contributed by atoms with Crippen LogP contribution in [0.3, 0.4) is 0 Å². The van der Waals surface area contributed by atoms with Crippen molar-refractivity contribution in [2.45, 2.75) is 19.6 Å². The van der Waals surface area contributed by atoms with Crippen molar-refractivity contribution in [2.75, 3.05) is 0 Å². The van der Waals surface area contributed by atoms with Crippen molar-refractivity contribution in [3.8, 4) is 11.1 Å². The van der Waals surface area contributed by atoms with Crippen LogP contribution < -0.4 is 5.14 Å². The van der Waals surface area contributed by atoms with E-state index in [1.165, 1.54) is 22.3 Å². The van der Waals surface area contributed by atoms with Gasteiger partial charge in [-0.2, -0.15) is 0 Å². The van der Waals surface area contributed by atoms with Crippen LogP contribution in [-0.2, 0) is 16.7 Å². The van der Waals surface area contributed by atoms with E-state index in [1.54, 1.807) is 0 Å². The van der Waals surface area contributed by atoms with Crippen LogP contribution in [-0.4, -0.2) is 4.21 Å². The van der Waals surface area contributed by atoms with Crippen molar-refractivity contribution < 1.29 is 4.21 Å². The summed E-state index contributed by atoms with van der Waals surface area (Å²) in [4.78, 5) is 0. The van der Waals surface area contributed by atoms with Gasteiger partial charge in [-0.3, -0.25) is 5.14 Å². The first-order chi connectivity index (χ1) is 8.56. The summed E-state index contributed by atoms with van der Waals surface area (Å²) in [5, 5.41) is 5.29. The smallest absolute Gasteiger partial charge is 0.0933 e. The van der Waals surface area contributed by atoms with E-state index >= 15 is 0 Å². The molecule has 2 nitrogen and oxygen atoms in total. The number of benzene rings is 2. The van der Waals surface area contributed by atoms with Crippen LogP contribution in [0.1, 0.15) is 16.7 Å². The van der Waals surface area contributed by atoms with Gasteiger partial charge in [0.25, 0.3) is 0 Å². The quantitative estimate of drug-likeness (QED) is 0.904. The van der Waals surface area contributed by atoms with E-state index in [1.807, 2.05) is 12.1 Å². The van der Waals surface area contributed by atoms with E-state index in [0.29, 0.717) is 5.75 Å². The molecule has 2 N–H and O–H groups in total. The Kier molecular flexibility index (Phi) is 3.94. The molecule has 0 aliphatic rings. The molecule has 0 fully saturated rings. The lowest BCUT2D eigenvalue weighted by atomic mass is 9.98. The zero-order chi connectivity index (χ0) is 13.1. The molecule has 2 rings (SSSR count). The molecule has 94 valence electrons. The zero-order valence-corrected chi connectivity index (χ0v) is 11.5. The Hall–Kier alpha value is -1.45. The summed E-state index contributed by atoms with van der Waals surface area (Å²) in [5.74, 6) is 0.410. The summed E-state index contributed by atoms with van der Waals surface area (Å²) in [7, 11) is -1.28. The van der Waals surface area contributed by atoms with Crippen molar-refractivity contribution in [3.05, 3.63) is 59.2 Å². The second kappa shape index (κ2) is 5.46. The Balaban J connectivity index is 2.31. The number of nitrogens with two attached hydrogens (primary N) is 1. The van der Waals surface area contributed by atoms with Gasteiger partial charge in [0.05, 0.1) is 16.7 Å². The molecule has 0 saturated carbocycles. The Morgan fingerprint density at radius 3 is 2.28 bits per heavy atom. The zero-order valence-electron chi connectivity index (χ0n) is 10.6. The number of aryl methyl sites for hydroxylation is 2. The molecule has 0 heterocycles. The second-order valence-corrected chi connectivity index (χ2v) is 5.59. The molecule has 0 spiro atoms. The lowest BCUT2D eigenvalue weighted by Crippen LogP contribution is -2.05. The van der Waals surface area contributed by atoms with E-state index in [2.05, 4.69) is 44.2 Å². The maximum absolute atomic E-state index is 10.9. The van der Waals surface area contributed by atoms with Gasteiger partial charge in [0.2, 0.25) is 0 Å². The summed E-state index contributed by atoms with van der Waals surface area (Å²) in [6.45, 7) is 4.21. The van der Waals surface area contributed by atoms with E-state index in [0.717, 1.165) is 5.56 Å². The summed E-state index contributed by atoms with van der Waals surface area (Å²) in [6.07, 6.45) is 0. The van der Waals surface area contributed by atoms with Crippen molar-refractivity contribution in [2.24, 2.45) is 5.14 Å². The second-order valence-electron chi connectivity index (χ2n) is 4.54. The maximum atomic E-state index is 10.9. The first-order valence-electron chi connectivity index (χ1n) is 5.85. The number of hydrogen-bond donors (Lipinski definition) is 1. The molecule has 0 aliphatic carbocycles. The molecule has 18 heavy (non-hydrogen) atoms. The maximum Gasteiger partial charge on any atom is 0.0933 e. The topological polar surface area (TPSA) is 43.1 Å². The van der Waals surface area contributed by atoms with Crippen molar-refractivity contribution >= 4 is 11.0 Å². The summed E-state index contributed by atoms with van der Waals surface area (Å²) < 4.78 is 10.9. The fourth-order valence-corrected chi connectivity index (χ4v) is 2.60. The molecule has 1 atom stereocenters. The molecular weight excluding hydrogens is 242 g/mol. The predicted octanol–water partition coefficient (Wildman–Crippen LogP) is 3.09. The summed E-state index contributed by atoms with van der Waals surface area (Å²) in [5.41, 5.74) is 5.96. The van der Waals surface area contributed by atoms with Crippen molar-refractivity contribution in [3.63, 3.8) is 0 Å². The highest BCUT2D eigenvalue weighted by molar-refractivity contribution is 7.81. The Bertz CT molecular complexity index is 576.